The van der Waals surface area contributed by atoms with Crippen molar-refractivity contribution >= 4 is 26.4 Å². The summed E-state index contributed by atoms with van der Waals surface area (Å²) in [5.41, 5.74) is 0. The zero-order valence-electron chi connectivity index (χ0n) is 7.60. The number of imidazole rings is 1. The molecular formula is C7H8BrN3O3. The molecule has 14 heavy (non-hydrogen) atoms. The van der Waals surface area contributed by atoms with Crippen molar-refractivity contribution in [2.24, 2.45) is 7.05 Å². The third-order valence-electron chi connectivity index (χ3n) is 1.91. The molecule has 0 aliphatic rings. The zero-order valence-corrected chi connectivity index (χ0v) is 9.19. The van der Waals surface area contributed by atoms with Crippen molar-refractivity contribution in [1.82, 2.24) is 9.55 Å². The van der Waals surface area contributed by atoms with Crippen molar-refractivity contribution in [2.75, 3.05) is 0 Å². The minimum Gasteiger partial charge on any atom is -0.358 e. The third-order valence-corrected chi connectivity index (χ3v) is 2.60. The molecule has 7 heteroatoms. The first-order chi connectivity index (χ1) is 6.45. The molecule has 6 nitrogen and oxygen atoms in total. The van der Waals surface area contributed by atoms with E-state index >= 15 is 0 Å². The summed E-state index contributed by atoms with van der Waals surface area (Å²) in [6.45, 7) is 1.63. The number of hydrogen-bond donors (Lipinski definition) is 0. The van der Waals surface area contributed by atoms with Crippen molar-refractivity contribution < 1.29 is 9.72 Å². The highest BCUT2D eigenvalue weighted by Crippen LogP contribution is 2.21. The van der Waals surface area contributed by atoms with Gasteiger partial charge in [0.15, 0.2) is 0 Å². The van der Waals surface area contributed by atoms with Crippen molar-refractivity contribution in [3.63, 3.8) is 0 Å². The Balaban J connectivity index is 3.13. The topological polar surface area (TPSA) is 78.0 Å². The predicted octanol–water partition coefficient (Wildman–Crippen LogP) is 1.35. The normalized spacial score (nSPS) is 12.5. The molecular weight excluding hydrogens is 254 g/mol. The molecule has 0 aliphatic carbocycles. The summed E-state index contributed by atoms with van der Waals surface area (Å²) in [7, 11) is 1.51. The Morgan fingerprint density at radius 1 is 1.79 bits per heavy atom. The van der Waals surface area contributed by atoms with E-state index in [9.17, 15) is 14.9 Å². The van der Waals surface area contributed by atoms with Crippen LogP contribution < -0.4 is 0 Å². The zero-order chi connectivity index (χ0) is 10.9. The smallest absolute Gasteiger partial charge is 0.342 e. The van der Waals surface area contributed by atoms with Gasteiger partial charge in [0.2, 0.25) is 10.5 Å². The average molecular weight is 262 g/mol. The van der Waals surface area contributed by atoms with Crippen molar-refractivity contribution in [2.45, 2.75) is 12.8 Å². The van der Waals surface area contributed by atoms with Crippen LogP contribution in [-0.4, -0.2) is 19.2 Å². The van der Waals surface area contributed by atoms with Gasteiger partial charge < -0.3 is 10.1 Å². The van der Waals surface area contributed by atoms with Gasteiger partial charge in [0.1, 0.15) is 12.1 Å². The van der Waals surface area contributed by atoms with Crippen molar-refractivity contribution in [1.29, 1.82) is 0 Å². The number of hydrogen-bond acceptors (Lipinski definition) is 4. The lowest BCUT2D eigenvalue weighted by atomic mass is 10.2. The van der Waals surface area contributed by atoms with Gasteiger partial charge in [-0.05, 0) is 27.8 Å². The van der Waals surface area contributed by atoms with Gasteiger partial charge in [0, 0.05) is 0 Å². The van der Waals surface area contributed by atoms with Crippen LogP contribution in [0.4, 0.5) is 5.82 Å². The van der Waals surface area contributed by atoms with Gasteiger partial charge in [0.25, 0.3) is 0 Å². The van der Waals surface area contributed by atoms with E-state index in [1.165, 1.54) is 11.6 Å². The average Bonchev–Trinajstić information content (AvgIpc) is 2.45. The molecule has 1 aromatic heterocycles. The number of rotatable bonds is 3. The van der Waals surface area contributed by atoms with E-state index < -0.39 is 10.8 Å². The first kappa shape index (κ1) is 10.8. The second-order valence-corrected chi connectivity index (χ2v) is 3.60. The lowest BCUT2D eigenvalue weighted by Crippen LogP contribution is -2.09. The second-order valence-electron chi connectivity index (χ2n) is 2.82. The van der Waals surface area contributed by atoms with Gasteiger partial charge in [-0.25, -0.2) is 9.55 Å². The van der Waals surface area contributed by atoms with E-state index in [-0.39, 0.29) is 10.5 Å². The molecule has 0 amide bonds. The Kier molecular flexibility index (Phi) is 3.00. The molecule has 0 fully saturated rings. The van der Waals surface area contributed by atoms with Crippen LogP contribution in [0.5, 0.6) is 0 Å². The standard InChI is InChI=1S/C7H8BrN3O3/c1-4(6(8)12)7-9-3-5(10(7)2)11(13)14/h3-4H,1-2H3. The van der Waals surface area contributed by atoms with Gasteiger partial charge >= 0.3 is 5.82 Å². The minimum atomic E-state index is -0.540. The lowest BCUT2D eigenvalue weighted by Gasteiger charge is -2.02. The molecule has 1 atom stereocenters. The SMILES string of the molecule is CC(C(=O)Br)c1ncc([N+](=O)[O-])n1C. The van der Waals surface area contributed by atoms with Crippen LogP contribution in [0.2, 0.25) is 0 Å². The molecule has 0 bridgehead atoms. The maximum absolute atomic E-state index is 11.0. The van der Waals surface area contributed by atoms with Gasteiger partial charge in [-0.15, -0.1) is 0 Å². The molecule has 0 radical (unpaired) electrons. The van der Waals surface area contributed by atoms with E-state index in [0.29, 0.717) is 5.82 Å². The molecule has 76 valence electrons. The van der Waals surface area contributed by atoms with Gasteiger partial charge in [-0.3, -0.25) is 4.79 Å². The fourth-order valence-electron chi connectivity index (χ4n) is 1.09. The maximum atomic E-state index is 11.0. The molecule has 0 spiro atoms. The van der Waals surface area contributed by atoms with Gasteiger partial charge in [-0.1, -0.05) is 0 Å². The Bertz CT molecular complexity index is 388. The highest BCUT2D eigenvalue weighted by molar-refractivity contribution is 9.18. The van der Waals surface area contributed by atoms with Crippen LogP contribution in [0.3, 0.4) is 0 Å². The van der Waals surface area contributed by atoms with Crippen LogP contribution in [0.1, 0.15) is 18.7 Å². The molecule has 0 N–H and O–H groups in total. The van der Waals surface area contributed by atoms with Gasteiger partial charge in [-0.2, -0.15) is 0 Å². The summed E-state index contributed by atoms with van der Waals surface area (Å²) >= 11 is 2.79. The number of nitro groups is 1. The highest BCUT2D eigenvalue weighted by atomic mass is 79.9. The Morgan fingerprint density at radius 2 is 2.36 bits per heavy atom. The maximum Gasteiger partial charge on any atom is 0.342 e. The Hall–Kier alpha value is -1.24. The number of carbonyl (C=O) groups excluding carboxylic acids is 1. The number of carbonyl (C=O) groups is 1. The molecule has 0 aliphatic heterocycles. The molecule has 0 saturated carbocycles. The van der Waals surface area contributed by atoms with Crippen LogP contribution in [0, 0.1) is 10.1 Å². The summed E-state index contributed by atoms with van der Waals surface area (Å²) in [6, 6.07) is 0. The number of nitrogens with zero attached hydrogens (tertiary/aromatic N) is 3. The lowest BCUT2D eigenvalue weighted by molar-refractivity contribution is -0.391. The van der Waals surface area contributed by atoms with Crippen LogP contribution in [-0.2, 0) is 11.8 Å². The molecule has 1 rings (SSSR count). The minimum absolute atomic E-state index is 0.124. The Labute approximate surface area is 88.2 Å². The summed E-state index contributed by atoms with van der Waals surface area (Å²) in [5, 5.41) is 10.5. The summed E-state index contributed by atoms with van der Waals surface area (Å²) < 4.78 is 1.05. The van der Waals surface area contributed by atoms with Crippen LogP contribution in [0.15, 0.2) is 6.20 Å². The van der Waals surface area contributed by atoms with Crippen LogP contribution in [0.25, 0.3) is 0 Å². The summed E-state index contributed by atoms with van der Waals surface area (Å²) in [5.74, 6) is -0.243. The van der Waals surface area contributed by atoms with Gasteiger partial charge in [0.05, 0.1) is 7.05 Å². The molecule has 1 heterocycles. The van der Waals surface area contributed by atoms with E-state index in [2.05, 4.69) is 20.9 Å². The number of aromatic nitrogens is 2. The van der Waals surface area contributed by atoms with Crippen molar-refractivity contribution in [3.8, 4) is 0 Å². The first-order valence-electron chi connectivity index (χ1n) is 3.80. The Morgan fingerprint density at radius 3 is 2.71 bits per heavy atom. The fourth-order valence-corrected chi connectivity index (χ4v) is 1.29. The molecule has 0 saturated heterocycles. The predicted molar refractivity (Wildman–Crippen MR) is 52.2 cm³/mol. The van der Waals surface area contributed by atoms with Crippen LogP contribution >= 0.6 is 15.9 Å². The molecule has 1 aromatic rings. The third kappa shape index (κ3) is 1.82. The molecule has 0 aromatic carbocycles. The quantitative estimate of drug-likeness (QED) is 0.468. The highest BCUT2D eigenvalue weighted by Gasteiger charge is 2.24. The molecule has 1 unspecified atom stereocenters. The monoisotopic (exact) mass is 261 g/mol. The fraction of sp³-hybridized carbons (Fsp3) is 0.429. The van der Waals surface area contributed by atoms with E-state index in [4.69, 9.17) is 0 Å². The first-order valence-corrected chi connectivity index (χ1v) is 4.59. The summed E-state index contributed by atoms with van der Waals surface area (Å²) in [4.78, 5) is 24.7. The number of halogens is 1. The summed E-state index contributed by atoms with van der Waals surface area (Å²) in [6.07, 6.45) is 1.14. The van der Waals surface area contributed by atoms with E-state index in [1.807, 2.05) is 0 Å². The second kappa shape index (κ2) is 3.87. The van der Waals surface area contributed by atoms with E-state index in [1.54, 1.807) is 6.92 Å². The van der Waals surface area contributed by atoms with Crippen molar-refractivity contribution in [3.05, 3.63) is 22.1 Å². The largest absolute Gasteiger partial charge is 0.358 e. The van der Waals surface area contributed by atoms with E-state index in [0.717, 1.165) is 6.20 Å².